The maximum atomic E-state index is 11.9. The van der Waals surface area contributed by atoms with E-state index >= 15 is 0 Å². The molecule has 4 heteroatoms. The van der Waals surface area contributed by atoms with E-state index in [0.29, 0.717) is 25.2 Å². The van der Waals surface area contributed by atoms with E-state index in [1.165, 1.54) is 11.8 Å². The fourth-order valence-electron chi connectivity index (χ4n) is 2.59. The first-order chi connectivity index (χ1) is 11.5. The van der Waals surface area contributed by atoms with Crippen molar-refractivity contribution in [3.63, 3.8) is 0 Å². The summed E-state index contributed by atoms with van der Waals surface area (Å²) in [6.45, 7) is 16.5. The highest BCUT2D eigenvalue weighted by Gasteiger charge is 2.26. The number of hydrogen-bond acceptors (Lipinski definition) is 4. The van der Waals surface area contributed by atoms with E-state index in [1.807, 2.05) is 12.1 Å². The van der Waals surface area contributed by atoms with Crippen molar-refractivity contribution < 1.29 is 14.6 Å². The molecule has 0 spiro atoms. The predicted octanol–water partition coefficient (Wildman–Crippen LogP) is 5.34. The molecule has 1 rings (SSSR count). The van der Waals surface area contributed by atoms with Gasteiger partial charge in [0.1, 0.15) is 12.4 Å². The Morgan fingerprint density at radius 2 is 1.68 bits per heavy atom. The molecule has 0 heterocycles. The van der Waals surface area contributed by atoms with Crippen LogP contribution in [0.15, 0.2) is 24.1 Å². The van der Waals surface area contributed by atoms with E-state index < -0.39 is 0 Å². The first kappa shape index (κ1) is 21.6. The van der Waals surface area contributed by atoms with Crippen LogP contribution in [0.3, 0.4) is 0 Å². The molecule has 0 fully saturated rings. The van der Waals surface area contributed by atoms with Crippen LogP contribution in [0.4, 0.5) is 0 Å². The van der Waals surface area contributed by atoms with Crippen molar-refractivity contribution in [2.75, 3.05) is 12.4 Å². The summed E-state index contributed by atoms with van der Waals surface area (Å²) in [7, 11) is 0. The summed E-state index contributed by atoms with van der Waals surface area (Å²) in [6.07, 6.45) is 0.955. The second-order valence-electron chi connectivity index (χ2n) is 8.30. The lowest BCUT2D eigenvalue weighted by molar-refractivity contribution is -0.142. The first-order valence-electron chi connectivity index (χ1n) is 8.71. The fourth-order valence-corrected chi connectivity index (χ4v) is 2.93. The standard InChI is InChI=1S/C21H32O3S/c1-8-25-12-11-24-18(22)10-9-15-13-16(20(2,3)4)19(23)17(14-15)21(5,6)7/h8,13-14,23H,1,9-12H2,2-7H3. The molecule has 0 saturated heterocycles. The first-order valence-corrected chi connectivity index (χ1v) is 9.76. The van der Waals surface area contributed by atoms with E-state index in [2.05, 4.69) is 48.1 Å². The molecular formula is C21H32O3S. The van der Waals surface area contributed by atoms with Gasteiger partial charge in [0, 0.05) is 12.2 Å². The number of phenols is 1. The Kier molecular flexibility index (Phi) is 7.61. The number of esters is 1. The molecule has 0 aliphatic carbocycles. The molecule has 1 N–H and O–H groups in total. The van der Waals surface area contributed by atoms with Crippen molar-refractivity contribution in [3.05, 3.63) is 40.8 Å². The zero-order chi connectivity index (χ0) is 19.3. The van der Waals surface area contributed by atoms with Gasteiger partial charge >= 0.3 is 5.97 Å². The average Bonchev–Trinajstić information content (AvgIpc) is 2.48. The molecule has 0 saturated carbocycles. The van der Waals surface area contributed by atoms with E-state index in [4.69, 9.17) is 4.74 Å². The molecule has 1 aromatic rings. The summed E-state index contributed by atoms with van der Waals surface area (Å²) in [5.74, 6) is 0.914. The number of rotatable bonds is 7. The molecule has 0 aliphatic rings. The molecule has 1 aromatic carbocycles. The monoisotopic (exact) mass is 364 g/mol. The molecule has 0 aromatic heterocycles. The predicted molar refractivity (Wildman–Crippen MR) is 107 cm³/mol. The molecule has 3 nitrogen and oxygen atoms in total. The van der Waals surface area contributed by atoms with Gasteiger partial charge in [0.05, 0.1) is 0 Å². The average molecular weight is 365 g/mol. The van der Waals surface area contributed by atoms with Gasteiger partial charge in [-0.2, -0.15) is 0 Å². The van der Waals surface area contributed by atoms with Gasteiger partial charge in [-0.05, 0) is 39.3 Å². The van der Waals surface area contributed by atoms with Crippen LogP contribution in [0.1, 0.15) is 64.7 Å². The summed E-state index contributed by atoms with van der Waals surface area (Å²) in [6, 6.07) is 4.04. The van der Waals surface area contributed by atoms with Gasteiger partial charge in [-0.15, -0.1) is 11.8 Å². The Hall–Kier alpha value is -1.42. The molecule has 0 bridgehead atoms. The molecule has 0 amide bonds. The van der Waals surface area contributed by atoms with E-state index in [0.717, 1.165) is 22.4 Å². The Morgan fingerprint density at radius 3 is 2.12 bits per heavy atom. The smallest absolute Gasteiger partial charge is 0.306 e. The maximum Gasteiger partial charge on any atom is 0.306 e. The van der Waals surface area contributed by atoms with Crippen molar-refractivity contribution in [1.82, 2.24) is 0 Å². The van der Waals surface area contributed by atoms with Crippen molar-refractivity contribution in [2.24, 2.45) is 0 Å². The van der Waals surface area contributed by atoms with Crippen molar-refractivity contribution in [1.29, 1.82) is 0 Å². The summed E-state index contributed by atoms with van der Waals surface area (Å²) in [5, 5.41) is 12.5. The number of hydrogen-bond donors (Lipinski definition) is 1. The highest BCUT2D eigenvalue weighted by atomic mass is 32.2. The van der Waals surface area contributed by atoms with Crippen LogP contribution in [0.2, 0.25) is 0 Å². The SMILES string of the molecule is C=CSCCOC(=O)CCc1cc(C(C)(C)C)c(O)c(C(C)(C)C)c1. The lowest BCUT2D eigenvalue weighted by atomic mass is 9.78. The van der Waals surface area contributed by atoms with Crippen LogP contribution in [0.5, 0.6) is 5.75 Å². The number of carbonyl (C=O) groups is 1. The van der Waals surface area contributed by atoms with Crippen LogP contribution in [0, 0.1) is 0 Å². The third-order valence-corrected chi connectivity index (χ3v) is 4.62. The van der Waals surface area contributed by atoms with Gasteiger partial charge in [0.15, 0.2) is 0 Å². The number of aromatic hydroxyl groups is 1. The van der Waals surface area contributed by atoms with E-state index in [9.17, 15) is 9.90 Å². The molecular weight excluding hydrogens is 332 g/mol. The van der Waals surface area contributed by atoms with Crippen molar-refractivity contribution in [2.45, 2.75) is 65.2 Å². The molecule has 0 radical (unpaired) electrons. The van der Waals surface area contributed by atoms with Crippen LogP contribution in [-0.2, 0) is 26.8 Å². The van der Waals surface area contributed by atoms with Gasteiger partial charge in [-0.1, -0.05) is 60.3 Å². The minimum atomic E-state index is -0.188. The Bertz CT molecular complexity index is 572. The Balaban J connectivity index is 2.93. The minimum absolute atomic E-state index is 0.164. The molecule has 140 valence electrons. The summed E-state index contributed by atoms with van der Waals surface area (Å²) >= 11 is 1.53. The molecule has 25 heavy (non-hydrogen) atoms. The van der Waals surface area contributed by atoms with E-state index in [1.54, 1.807) is 5.41 Å². The second-order valence-corrected chi connectivity index (χ2v) is 9.37. The van der Waals surface area contributed by atoms with Gasteiger partial charge in [-0.25, -0.2) is 0 Å². The maximum absolute atomic E-state index is 11.9. The van der Waals surface area contributed by atoms with Gasteiger partial charge in [0.25, 0.3) is 0 Å². The largest absolute Gasteiger partial charge is 0.507 e. The van der Waals surface area contributed by atoms with Gasteiger partial charge < -0.3 is 9.84 Å². The van der Waals surface area contributed by atoms with Crippen LogP contribution in [0.25, 0.3) is 0 Å². The second kappa shape index (κ2) is 8.79. The molecule has 0 unspecified atom stereocenters. The third kappa shape index (κ3) is 6.77. The van der Waals surface area contributed by atoms with Crippen LogP contribution >= 0.6 is 11.8 Å². The summed E-state index contributed by atoms with van der Waals surface area (Å²) < 4.78 is 5.23. The third-order valence-electron chi connectivity index (χ3n) is 3.99. The van der Waals surface area contributed by atoms with Gasteiger partial charge in [-0.3, -0.25) is 4.79 Å². The highest BCUT2D eigenvalue weighted by molar-refractivity contribution is 8.02. The number of aryl methyl sites for hydroxylation is 1. The van der Waals surface area contributed by atoms with Crippen LogP contribution in [-0.4, -0.2) is 23.4 Å². The Labute approximate surface area is 156 Å². The number of thioether (sulfide) groups is 1. The number of benzene rings is 1. The van der Waals surface area contributed by atoms with Crippen LogP contribution < -0.4 is 0 Å². The number of carbonyl (C=O) groups excluding carboxylic acids is 1. The normalized spacial score (nSPS) is 12.1. The zero-order valence-corrected chi connectivity index (χ0v) is 17.3. The number of ether oxygens (including phenoxy) is 1. The van der Waals surface area contributed by atoms with E-state index in [-0.39, 0.29) is 16.8 Å². The zero-order valence-electron chi connectivity index (χ0n) is 16.4. The van der Waals surface area contributed by atoms with Crippen molar-refractivity contribution in [3.8, 4) is 5.75 Å². The fraction of sp³-hybridized carbons (Fsp3) is 0.571. The summed E-state index contributed by atoms with van der Waals surface area (Å²) in [5.41, 5.74) is 2.58. The topological polar surface area (TPSA) is 46.5 Å². The lowest BCUT2D eigenvalue weighted by Crippen LogP contribution is -2.18. The Morgan fingerprint density at radius 1 is 1.16 bits per heavy atom. The number of phenolic OH excluding ortho intramolecular Hbond substituents is 1. The molecule has 0 atom stereocenters. The lowest BCUT2D eigenvalue weighted by Gasteiger charge is -2.28. The molecule has 0 aliphatic heterocycles. The van der Waals surface area contributed by atoms with Crippen molar-refractivity contribution >= 4 is 17.7 Å². The minimum Gasteiger partial charge on any atom is -0.507 e. The van der Waals surface area contributed by atoms with Gasteiger partial charge in [0.2, 0.25) is 0 Å². The summed E-state index contributed by atoms with van der Waals surface area (Å²) in [4.78, 5) is 11.9. The highest BCUT2D eigenvalue weighted by Crippen LogP contribution is 2.39. The quantitative estimate of drug-likeness (QED) is 0.524.